The Labute approximate surface area is 79.9 Å². The normalized spacial score (nSPS) is 9.62. The van der Waals surface area contributed by atoms with Gasteiger partial charge in [0.1, 0.15) is 5.75 Å². The van der Waals surface area contributed by atoms with Crippen LogP contribution in [0.3, 0.4) is 0 Å². The lowest BCUT2D eigenvalue weighted by Gasteiger charge is -2.03. The van der Waals surface area contributed by atoms with Crippen LogP contribution < -0.4 is 0 Å². The molecule has 0 saturated carbocycles. The summed E-state index contributed by atoms with van der Waals surface area (Å²) in [4.78, 5) is 10.5. The molecule has 0 heterocycles. The third-order valence-electron chi connectivity index (χ3n) is 1.54. The van der Waals surface area contributed by atoms with Crippen molar-refractivity contribution in [1.82, 2.24) is 0 Å². The van der Waals surface area contributed by atoms with Crippen LogP contribution in [0.15, 0.2) is 24.8 Å². The maximum atomic E-state index is 10.5. The Morgan fingerprint density at radius 3 is 2.54 bits per heavy atom. The lowest BCUT2D eigenvalue weighted by molar-refractivity contribution is -0.130. The zero-order chi connectivity index (χ0) is 10.0. The van der Waals surface area contributed by atoms with Gasteiger partial charge >= 0.3 is 5.97 Å². The van der Waals surface area contributed by atoms with Gasteiger partial charge in [0.05, 0.1) is 5.57 Å². The van der Waals surface area contributed by atoms with E-state index in [0.717, 1.165) is 0 Å². The van der Waals surface area contributed by atoms with E-state index in [4.69, 9.17) is 16.7 Å². The van der Waals surface area contributed by atoms with Crippen molar-refractivity contribution in [3.63, 3.8) is 0 Å². The van der Waals surface area contributed by atoms with Gasteiger partial charge in [-0.15, -0.1) is 0 Å². The number of aliphatic carboxylic acids is 1. The number of benzene rings is 1. The number of carboxylic acids is 1. The van der Waals surface area contributed by atoms with Gasteiger partial charge in [-0.1, -0.05) is 18.2 Å². The summed E-state index contributed by atoms with van der Waals surface area (Å²) >= 11 is 5.56. The van der Waals surface area contributed by atoms with Crippen LogP contribution in [0.2, 0.25) is 5.02 Å². The molecule has 2 N–H and O–H groups in total. The fourth-order valence-electron chi connectivity index (χ4n) is 0.875. The van der Waals surface area contributed by atoms with Gasteiger partial charge in [0, 0.05) is 10.6 Å². The topological polar surface area (TPSA) is 57.5 Å². The molecule has 1 aromatic carbocycles. The Bertz CT molecular complexity index is 371. The number of carboxylic acid groups (broad SMARTS) is 1. The van der Waals surface area contributed by atoms with Gasteiger partial charge in [0.2, 0.25) is 0 Å². The van der Waals surface area contributed by atoms with Crippen LogP contribution in [0, 0.1) is 0 Å². The number of aromatic hydroxyl groups is 1. The van der Waals surface area contributed by atoms with E-state index in [1.165, 1.54) is 18.2 Å². The minimum atomic E-state index is -1.17. The van der Waals surface area contributed by atoms with E-state index in [1.54, 1.807) is 0 Å². The number of phenols is 1. The van der Waals surface area contributed by atoms with E-state index in [-0.39, 0.29) is 16.9 Å². The Kier molecular flexibility index (Phi) is 2.58. The minimum absolute atomic E-state index is 0.158. The standard InChI is InChI=1S/C9H7ClO3/c1-5(9(12)13)7-3-2-6(10)4-8(7)11/h2-4,11H,1H2,(H,12,13). The fraction of sp³-hybridized carbons (Fsp3) is 0. The van der Waals surface area contributed by atoms with Gasteiger partial charge in [-0.2, -0.15) is 0 Å². The highest BCUT2D eigenvalue weighted by Crippen LogP contribution is 2.27. The van der Waals surface area contributed by atoms with Gasteiger partial charge in [-0.3, -0.25) is 0 Å². The molecule has 0 radical (unpaired) electrons. The van der Waals surface area contributed by atoms with Gasteiger partial charge in [-0.25, -0.2) is 4.79 Å². The molecule has 1 aromatic rings. The summed E-state index contributed by atoms with van der Waals surface area (Å²) in [5.74, 6) is -1.35. The van der Waals surface area contributed by atoms with Gasteiger partial charge in [0.25, 0.3) is 0 Å². The van der Waals surface area contributed by atoms with E-state index in [2.05, 4.69) is 6.58 Å². The molecule has 0 aromatic heterocycles. The monoisotopic (exact) mass is 198 g/mol. The molecule has 0 fully saturated rings. The number of hydrogen-bond acceptors (Lipinski definition) is 2. The molecule has 0 unspecified atom stereocenters. The molecule has 3 nitrogen and oxygen atoms in total. The smallest absolute Gasteiger partial charge is 0.335 e. The van der Waals surface area contributed by atoms with E-state index < -0.39 is 5.97 Å². The first-order valence-corrected chi connectivity index (χ1v) is 3.81. The van der Waals surface area contributed by atoms with Crippen molar-refractivity contribution >= 4 is 23.1 Å². The molecule has 0 spiro atoms. The molecule has 13 heavy (non-hydrogen) atoms. The molecule has 0 saturated heterocycles. The molecule has 0 bridgehead atoms. The second-order valence-electron chi connectivity index (χ2n) is 2.45. The lowest BCUT2D eigenvalue weighted by atomic mass is 10.1. The van der Waals surface area contributed by atoms with Crippen LogP contribution in [0.25, 0.3) is 5.57 Å². The molecule has 0 atom stereocenters. The summed E-state index contributed by atoms with van der Waals surface area (Å²) in [7, 11) is 0. The van der Waals surface area contributed by atoms with Gasteiger partial charge < -0.3 is 10.2 Å². The second-order valence-corrected chi connectivity index (χ2v) is 2.88. The predicted molar refractivity (Wildman–Crippen MR) is 49.8 cm³/mol. The Hall–Kier alpha value is -1.48. The number of hydrogen-bond donors (Lipinski definition) is 2. The van der Waals surface area contributed by atoms with Crippen LogP contribution >= 0.6 is 11.6 Å². The SMILES string of the molecule is C=C(C(=O)O)c1ccc(Cl)cc1O. The summed E-state index contributed by atoms with van der Waals surface area (Å²) in [6, 6.07) is 4.17. The van der Waals surface area contributed by atoms with Crippen LogP contribution in [0.4, 0.5) is 0 Å². The summed E-state index contributed by atoms with van der Waals surface area (Å²) < 4.78 is 0. The first-order valence-electron chi connectivity index (χ1n) is 3.43. The van der Waals surface area contributed by atoms with Crippen LogP contribution in [0.5, 0.6) is 5.75 Å². The summed E-state index contributed by atoms with van der Waals surface area (Å²) in [5, 5.41) is 18.2. The van der Waals surface area contributed by atoms with Gasteiger partial charge in [0.15, 0.2) is 0 Å². The Balaban J connectivity index is 3.16. The summed E-state index contributed by atoms with van der Waals surface area (Å²) in [6.45, 7) is 3.31. The van der Waals surface area contributed by atoms with Crippen LogP contribution in [-0.2, 0) is 4.79 Å². The molecule has 0 aliphatic rings. The molecule has 68 valence electrons. The minimum Gasteiger partial charge on any atom is -0.507 e. The Morgan fingerprint density at radius 1 is 1.46 bits per heavy atom. The predicted octanol–water partition coefficient (Wildman–Crippen LogP) is 2.14. The number of phenolic OH excluding ortho intramolecular Hbond substituents is 1. The third-order valence-corrected chi connectivity index (χ3v) is 1.78. The molecular formula is C9H7ClO3. The largest absolute Gasteiger partial charge is 0.507 e. The molecule has 0 aliphatic heterocycles. The Morgan fingerprint density at radius 2 is 2.08 bits per heavy atom. The molecule has 4 heteroatoms. The highest BCUT2D eigenvalue weighted by Gasteiger charge is 2.11. The number of rotatable bonds is 2. The molecule has 1 rings (SSSR count). The van der Waals surface area contributed by atoms with Crippen molar-refractivity contribution in [3.05, 3.63) is 35.4 Å². The molecular weight excluding hydrogens is 192 g/mol. The maximum Gasteiger partial charge on any atom is 0.335 e. The van der Waals surface area contributed by atoms with E-state index in [9.17, 15) is 9.90 Å². The molecule has 0 amide bonds. The number of carbonyl (C=O) groups is 1. The zero-order valence-electron chi connectivity index (χ0n) is 6.62. The quantitative estimate of drug-likeness (QED) is 0.716. The van der Waals surface area contributed by atoms with Crippen LogP contribution in [0.1, 0.15) is 5.56 Å². The average molecular weight is 199 g/mol. The number of halogens is 1. The highest BCUT2D eigenvalue weighted by atomic mass is 35.5. The maximum absolute atomic E-state index is 10.5. The molecule has 0 aliphatic carbocycles. The van der Waals surface area contributed by atoms with Crippen LogP contribution in [-0.4, -0.2) is 16.2 Å². The highest BCUT2D eigenvalue weighted by molar-refractivity contribution is 6.31. The lowest BCUT2D eigenvalue weighted by Crippen LogP contribution is -1.97. The van der Waals surface area contributed by atoms with Crippen molar-refractivity contribution in [3.8, 4) is 5.75 Å². The van der Waals surface area contributed by atoms with Crippen molar-refractivity contribution in [2.24, 2.45) is 0 Å². The van der Waals surface area contributed by atoms with Gasteiger partial charge in [-0.05, 0) is 18.2 Å². The van der Waals surface area contributed by atoms with E-state index in [0.29, 0.717) is 5.02 Å². The third kappa shape index (κ3) is 2.00. The van der Waals surface area contributed by atoms with Crippen molar-refractivity contribution in [1.29, 1.82) is 0 Å². The second kappa shape index (κ2) is 3.49. The van der Waals surface area contributed by atoms with Crippen molar-refractivity contribution in [2.45, 2.75) is 0 Å². The first-order chi connectivity index (χ1) is 6.02. The first kappa shape index (κ1) is 9.61. The summed E-state index contributed by atoms with van der Waals surface area (Å²) in [5.41, 5.74) is 0.0195. The summed E-state index contributed by atoms with van der Waals surface area (Å²) in [6.07, 6.45) is 0. The van der Waals surface area contributed by atoms with Crippen molar-refractivity contribution in [2.75, 3.05) is 0 Å². The van der Waals surface area contributed by atoms with E-state index >= 15 is 0 Å². The van der Waals surface area contributed by atoms with Crippen molar-refractivity contribution < 1.29 is 15.0 Å². The average Bonchev–Trinajstić information content (AvgIpc) is 2.03. The van der Waals surface area contributed by atoms with E-state index in [1.807, 2.05) is 0 Å². The fourth-order valence-corrected chi connectivity index (χ4v) is 1.04. The zero-order valence-corrected chi connectivity index (χ0v) is 7.38.